The molecule has 0 aromatic heterocycles. The highest BCUT2D eigenvalue weighted by atomic mass is 32.2. The topological polar surface area (TPSA) is 76.7 Å². The van der Waals surface area contributed by atoms with Gasteiger partial charge in [-0.3, -0.25) is 0 Å². The van der Waals surface area contributed by atoms with Gasteiger partial charge in [-0.2, -0.15) is 0 Å². The van der Waals surface area contributed by atoms with E-state index in [1.54, 1.807) is 7.11 Å². The summed E-state index contributed by atoms with van der Waals surface area (Å²) >= 11 is 0. The van der Waals surface area contributed by atoms with Gasteiger partial charge in [-0.1, -0.05) is 13.8 Å². The minimum atomic E-state index is -3.24. The highest BCUT2D eigenvalue weighted by molar-refractivity contribution is 7.89. The van der Waals surface area contributed by atoms with Crippen LogP contribution in [0, 0.1) is 0 Å². The summed E-state index contributed by atoms with van der Waals surface area (Å²) in [5.41, 5.74) is -0.497. The number of ether oxygens (including phenoxy) is 2. The van der Waals surface area contributed by atoms with Gasteiger partial charge in [0, 0.05) is 32.7 Å². The summed E-state index contributed by atoms with van der Waals surface area (Å²) in [6.07, 6.45) is 1.32. The van der Waals surface area contributed by atoms with Crippen molar-refractivity contribution < 1.29 is 17.9 Å². The second kappa shape index (κ2) is 7.54. The molecule has 0 aromatic rings. The van der Waals surface area contributed by atoms with E-state index in [0.29, 0.717) is 32.2 Å². The van der Waals surface area contributed by atoms with E-state index >= 15 is 0 Å². The van der Waals surface area contributed by atoms with Crippen LogP contribution in [-0.4, -0.2) is 59.2 Å². The maximum absolute atomic E-state index is 11.9. The molecule has 0 aliphatic carbocycles. The molecule has 1 rings (SSSR count). The quantitative estimate of drug-likeness (QED) is 0.590. The summed E-state index contributed by atoms with van der Waals surface area (Å²) in [5, 5.41) is 3.20. The van der Waals surface area contributed by atoms with E-state index in [0.717, 1.165) is 6.42 Å². The summed E-state index contributed by atoms with van der Waals surface area (Å²) < 4.78 is 37.0. The maximum Gasteiger partial charge on any atom is 0.211 e. The molecule has 19 heavy (non-hydrogen) atoms. The molecule has 1 atom stereocenters. The molecule has 1 saturated heterocycles. The first-order valence-electron chi connectivity index (χ1n) is 6.73. The Morgan fingerprint density at radius 3 is 2.68 bits per heavy atom. The first kappa shape index (κ1) is 16.8. The lowest BCUT2D eigenvalue weighted by Crippen LogP contribution is -2.45. The van der Waals surface area contributed by atoms with Crippen LogP contribution in [0.4, 0.5) is 0 Å². The molecule has 1 unspecified atom stereocenters. The molecule has 1 fully saturated rings. The second-order valence-corrected chi connectivity index (χ2v) is 7.22. The van der Waals surface area contributed by atoms with E-state index in [4.69, 9.17) is 9.47 Å². The highest BCUT2D eigenvalue weighted by Gasteiger charge is 2.35. The normalized spacial score (nSPS) is 24.2. The molecular formula is C12H26N2O4S. The van der Waals surface area contributed by atoms with E-state index in [1.807, 2.05) is 13.8 Å². The van der Waals surface area contributed by atoms with E-state index in [1.165, 1.54) is 0 Å². The molecule has 0 saturated carbocycles. The van der Waals surface area contributed by atoms with Crippen molar-refractivity contribution in [3.8, 4) is 0 Å². The van der Waals surface area contributed by atoms with Gasteiger partial charge in [0.1, 0.15) is 5.60 Å². The Labute approximate surface area is 116 Å². The molecule has 1 aliphatic heterocycles. The van der Waals surface area contributed by atoms with Crippen LogP contribution in [0.3, 0.4) is 0 Å². The predicted molar refractivity (Wildman–Crippen MR) is 74.7 cm³/mol. The molecule has 0 spiro atoms. The van der Waals surface area contributed by atoms with Crippen molar-refractivity contribution >= 4 is 10.0 Å². The molecule has 114 valence electrons. The summed E-state index contributed by atoms with van der Waals surface area (Å²) in [4.78, 5) is 0. The van der Waals surface area contributed by atoms with Crippen LogP contribution in [0.5, 0.6) is 0 Å². The Balaban J connectivity index is 2.30. The molecule has 7 heteroatoms. The number of rotatable bonds is 9. The van der Waals surface area contributed by atoms with Gasteiger partial charge in [-0.25, -0.2) is 13.1 Å². The summed E-state index contributed by atoms with van der Waals surface area (Å²) in [6, 6.07) is 0.378. The zero-order valence-electron chi connectivity index (χ0n) is 12.1. The van der Waals surface area contributed by atoms with Crippen LogP contribution < -0.4 is 10.0 Å². The van der Waals surface area contributed by atoms with Crippen LogP contribution in [0.1, 0.15) is 26.7 Å². The Morgan fingerprint density at radius 1 is 1.42 bits per heavy atom. The van der Waals surface area contributed by atoms with Crippen LogP contribution in [0.2, 0.25) is 0 Å². The third-order valence-electron chi connectivity index (χ3n) is 3.26. The van der Waals surface area contributed by atoms with Crippen molar-refractivity contribution in [2.24, 2.45) is 0 Å². The predicted octanol–water partition coefficient (Wildman–Crippen LogP) is 0.0994. The maximum atomic E-state index is 11.9. The minimum absolute atomic E-state index is 0.132. The van der Waals surface area contributed by atoms with Crippen LogP contribution >= 0.6 is 0 Å². The number of sulfonamides is 1. The van der Waals surface area contributed by atoms with Gasteiger partial charge < -0.3 is 14.8 Å². The molecule has 2 N–H and O–H groups in total. The molecular weight excluding hydrogens is 268 g/mol. The van der Waals surface area contributed by atoms with Crippen molar-refractivity contribution in [1.82, 2.24) is 10.0 Å². The fourth-order valence-electron chi connectivity index (χ4n) is 1.93. The number of hydrogen-bond acceptors (Lipinski definition) is 5. The molecule has 0 aromatic carbocycles. The summed E-state index contributed by atoms with van der Waals surface area (Å²) in [6.45, 7) is 6.12. The monoisotopic (exact) mass is 294 g/mol. The van der Waals surface area contributed by atoms with Crippen molar-refractivity contribution in [2.75, 3.05) is 39.2 Å². The van der Waals surface area contributed by atoms with Gasteiger partial charge in [0.05, 0.1) is 12.4 Å². The minimum Gasteiger partial charge on any atom is -0.378 e. The third kappa shape index (κ3) is 6.18. The van der Waals surface area contributed by atoms with Crippen molar-refractivity contribution in [3.63, 3.8) is 0 Å². The Hall–Kier alpha value is -0.210. The SMILES string of the molecule is COC1(CNS(=O)(=O)CCCNC(C)C)CCOC1. The number of hydrogen-bond donors (Lipinski definition) is 2. The van der Waals surface area contributed by atoms with Crippen molar-refractivity contribution in [2.45, 2.75) is 38.3 Å². The van der Waals surface area contributed by atoms with Gasteiger partial charge in [0.25, 0.3) is 0 Å². The Kier molecular flexibility index (Phi) is 6.68. The number of nitrogens with one attached hydrogen (secondary N) is 2. The van der Waals surface area contributed by atoms with Gasteiger partial charge in [0.2, 0.25) is 10.0 Å². The molecule has 0 amide bonds. The molecule has 1 aliphatic rings. The lowest BCUT2D eigenvalue weighted by Gasteiger charge is -2.25. The molecule has 0 radical (unpaired) electrons. The Morgan fingerprint density at radius 2 is 2.16 bits per heavy atom. The average molecular weight is 294 g/mol. The van der Waals surface area contributed by atoms with Gasteiger partial charge in [-0.15, -0.1) is 0 Å². The van der Waals surface area contributed by atoms with Crippen molar-refractivity contribution in [3.05, 3.63) is 0 Å². The zero-order chi connectivity index (χ0) is 14.4. The summed E-state index contributed by atoms with van der Waals surface area (Å²) in [5.74, 6) is 0.132. The molecule has 0 bridgehead atoms. The standard InChI is InChI=1S/C12H26N2O4S/c1-11(2)13-6-4-8-19(15,16)14-9-12(17-3)5-7-18-10-12/h11,13-14H,4-10H2,1-3H3. The number of methoxy groups -OCH3 is 1. The second-order valence-electron chi connectivity index (χ2n) is 5.29. The lowest BCUT2D eigenvalue weighted by molar-refractivity contribution is -0.0120. The zero-order valence-corrected chi connectivity index (χ0v) is 12.9. The molecule has 6 nitrogen and oxygen atoms in total. The van der Waals surface area contributed by atoms with Gasteiger partial charge >= 0.3 is 0 Å². The van der Waals surface area contributed by atoms with Crippen LogP contribution in [0.15, 0.2) is 0 Å². The van der Waals surface area contributed by atoms with Gasteiger partial charge in [-0.05, 0) is 13.0 Å². The highest BCUT2D eigenvalue weighted by Crippen LogP contribution is 2.21. The smallest absolute Gasteiger partial charge is 0.211 e. The van der Waals surface area contributed by atoms with E-state index in [9.17, 15) is 8.42 Å². The Bertz CT molecular complexity index is 351. The third-order valence-corrected chi connectivity index (χ3v) is 4.67. The van der Waals surface area contributed by atoms with Crippen LogP contribution in [0.25, 0.3) is 0 Å². The van der Waals surface area contributed by atoms with E-state index in [-0.39, 0.29) is 12.3 Å². The summed E-state index contributed by atoms with van der Waals surface area (Å²) in [7, 11) is -1.65. The fourth-order valence-corrected chi connectivity index (χ4v) is 3.08. The first-order chi connectivity index (χ1) is 8.89. The van der Waals surface area contributed by atoms with Gasteiger partial charge in [0.15, 0.2) is 0 Å². The van der Waals surface area contributed by atoms with E-state index in [2.05, 4.69) is 10.0 Å². The average Bonchev–Trinajstić information content (AvgIpc) is 2.82. The fraction of sp³-hybridized carbons (Fsp3) is 1.00. The van der Waals surface area contributed by atoms with E-state index < -0.39 is 15.6 Å². The van der Waals surface area contributed by atoms with Crippen molar-refractivity contribution in [1.29, 1.82) is 0 Å². The largest absolute Gasteiger partial charge is 0.378 e. The lowest BCUT2D eigenvalue weighted by atomic mass is 10.0. The molecule has 1 heterocycles. The first-order valence-corrected chi connectivity index (χ1v) is 8.38. The van der Waals surface area contributed by atoms with Crippen LogP contribution in [-0.2, 0) is 19.5 Å².